The van der Waals surface area contributed by atoms with Gasteiger partial charge in [-0.15, -0.1) is 0 Å². The smallest absolute Gasteiger partial charge is 0.0728 e. The van der Waals surface area contributed by atoms with Crippen molar-refractivity contribution in [3.05, 3.63) is 12.4 Å². The quantitative estimate of drug-likeness (QED) is 0.826. The third-order valence-electron chi connectivity index (χ3n) is 3.56. The molecule has 1 N–H and O–H groups in total. The van der Waals surface area contributed by atoms with Crippen molar-refractivity contribution < 1.29 is 0 Å². The van der Waals surface area contributed by atoms with Gasteiger partial charge in [-0.3, -0.25) is 4.68 Å². The van der Waals surface area contributed by atoms with Gasteiger partial charge in [-0.2, -0.15) is 5.10 Å². The van der Waals surface area contributed by atoms with Gasteiger partial charge in [-0.25, -0.2) is 0 Å². The van der Waals surface area contributed by atoms with E-state index in [2.05, 4.69) is 37.4 Å². The van der Waals surface area contributed by atoms with Crippen LogP contribution in [0.15, 0.2) is 12.4 Å². The molecule has 3 heteroatoms. The molecule has 0 saturated heterocycles. The molecule has 15 heavy (non-hydrogen) atoms. The number of nitrogens with one attached hydrogen (secondary N) is 1. The summed E-state index contributed by atoms with van der Waals surface area (Å²) in [6.45, 7) is 7.75. The van der Waals surface area contributed by atoms with Crippen LogP contribution < -0.4 is 5.32 Å². The van der Waals surface area contributed by atoms with Gasteiger partial charge in [0.2, 0.25) is 0 Å². The summed E-state index contributed by atoms with van der Waals surface area (Å²) in [4.78, 5) is 0. The minimum Gasteiger partial charge on any atom is -0.379 e. The second-order valence-corrected chi connectivity index (χ2v) is 5.16. The highest BCUT2D eigenvalue weighted by Crippen LogP contribution is 2.38. The number of aromatic nitrogens is 2. The predicted octanol–water partition coefficient (Wildman–Crippen LogP) is 2.89. The lowest BCUT2D eigenvalue weighted by Gasteiger charge is -2.28. The Kier molecular flexibility index (Phi) is 2.72. The fraction of sp³-hybridized carbons (Fsp3) is 0.750. The van der Waals surface area contributed by atoms with Crippen molar-refractivity contribution in [1.29, 1.82) is 0 Å². The first-order valence-electron chi connectivity index (χ1n) is 5.91. The predicted molar refractivity (Wildman–Crippen MR) is 62.9 cm³/mol. The summed E-state index contributed by atoms with van der Waals surface area (Å²) < 4.78 is 1.96. The Balaban J connectivity index is 2.02. The number of hydrogen-bond donors (Lipinski definition) is 1. The van der Waals surface area contributed by atoms with Crippen molar-refractivity contribution in [1.82, 2.24) is 9.78 Å². The third-order valence-corrected chi connectivity index (χ3v) is 3.56. The van der Waals surface area contributed by atoms with Crippen molar-refractivity contribution >= 4 is 5.69 Å². The van der Waals surface area contributed by atoms with Crippen LogP contribution in [0.2, 0.25) is 0 Å². The standard InChI is InChI=1S/C12H21N3/c1-4-15-9-10(8-13-15)14-11-6-5-7-12(11,2)3/h8-9,11,14H,4-7H2,1-3H3. The molecule has 0 aliphatic heterocycles. The van der Waals surface area contributed by atoms with Crippen LogP contribution in [-0.2, 0) is 6.54 Å². The minimum atomic E-state index is 0.425. The van der Waals surface area contributed by atoms with Gasteiger partial charge in [0, 0.05) is 18.8 Å². The SMILES string of the molecule is CCn1cc(NC2CCCC2(C)C)cn1. The fourth-order valence-electron chi connectivity index (χ4n) is 2.41. The van der Waals surface area contributed by atoms with E-state index < -0.39 is 0 Å². The second-order valence-electron chi connectivity index (χ2n) is 5.16. The largest absolute Gasteiger partial charge is 0.379 e. The van der Waals surface area contributed by atoms with Crippen LogP contribution in [0.5, 0.6) is 0 Å². The van der Waals surface area contributed by atoms with Gasteiger partial charge < -0.3 is 5.32 Å². The maximum Gasteiger partial charge on any atom is 0.0728 e. The molecule has 1 aromatic rings. The number of nitrogens with zero attached hydrogens (tertiary/aromatic N) is 2. The maximum absolute atomic E-state index is 4.28. The first-order valence-corrected chi connectivity index (χ1v) is 5.91. The van der Waals surface area contributed by atoms with E-state index in [-0.39, 0.29) is 0 Å². The Hall–Kier alpha value is -0.990. The molecule has 1 aromatic heterocycles. The molecule has 1 heterocycles. The highest BCUT2D eigenvalue weighted by atomic mass is 15.3. The van der Waals surface area contributed by atoms with Crippen LogP contribution in [-0.4, -0.2) is 15.8 Å². The van der Waals surface area contributed by atoms with Gasteiger partial charge in [-0.05, 0) is 25.2 Å². The zero-order valence-corrected chi connectivity index (χ0v) is 9.95. The Labute approximate surface area is 91.9 Å². The van der Waals surface area contributed by atoms with Crippen molar-refractivity contribution in [2.45, 2.75) is 52.6 Å². The van der Waals surface area contributed by atoms with E-state index in [0.717, 1.165) is 12.2 Å². The molecule has 1 saturated carbocycles. The van der Waals surface area contributed by atoms with Crippen molar-refractivity contribution in [3.63, 3.8) is 0 Å². The van der Waals surface area contributed by atoms with E-state index in [1.54, 1.807) is 0 Å². The molecule has 84 valence electrons. The molecule has 1 aliphatic carbocycles. The summed E-state index contributed by atoms with van der Waals surface area (Å²) in [5, 5.41) is 7.88. The van der Waals surface area contributed by atoms with Crippen LogP contribution >= 0.6 is 0 Å². The number of hydrogen-bond acceptors (Lipinski definition) is 2. The molecule has 1 unspecified atom stereocenters. The van der Waals surface area contributed by atoms with Gasteiger partial charge in [0.15, 0.2) is 0 Å². The Bertz CT molecular complexity index is 327. The summed E-state index contributed by atoms with van der Waals surface area (Å²) >= 11 is 0. The fourth-order valence-corrected chi connectivity index (χ4v) is 2.41. The highest BCUT2D eigenvalue weighted by Gasteiger charge is 2.34. The van der Waals surface area contributed by atoms with Gasteiger partial charge >= 0.3 is 0 Å². The van der Waals surface area contributed by atoms with Gasteiger partial charge in [0.25, 0.3) is 0 Å². The Morgan fingerprint density at radius 3 is 2.93 bits per heavy atom. The molecule has 2 rings (SSSR count). The number of rotatable bonds is 3. The van der Waals surface area contributed by atoms with Crippen molar-refractivity contribution in [3.8, 4) is 0 Å². The lowest BCUT2D eigenvalue weighted by molar-refractivity contribution is 0.350. The molecule has 0 bridgehead atoms. The van der Waals surface area contributed by atoms with Crippen LogP contribution in [0.4, 0.5) is 5.69 Å². The van der Waals surface area contributed by atoms with Gasteiger partial charge in [-0.1, -0.05) is 20.3 Å². The zero-order chi connectivity index (χ0) is 10.9. The Morgan fingerprint density at radius 1 is 1.60 bits per heavy atom. The summed E-state index contributed by atoms with van der Waals surface area (Å²) in [5.41, 5.74) is 1.59. The van der Waals surface area contributed by atoms with E-state index >= 15 is 0 Å². The molecule has 3 nitrogen and oxygen atoms in total. The van der Waals surface area contributed by atoms with Crippen LogP contribution in [0.3, 0.4) is 0 Å². The average molecular weight is 207 g/mol. The van der Waals surface area contributed by atoms with E-state index in [1.165, 1.54) is 19.3 Å². The maximum atomic E-state index is 4.28. The average Bonchev–Trinajstić information content (AvgIpc) is 2.75. The van der Waals surface area contributed by atoms with Crippen LogP contribution in [0.1, 0.15) is 40.0 Å². The number of anilines is 1. The highest BCUT2D eigenvalue weighted by molar-refractivity contribution is 5.40. The van der Waals surface area contributed by atoms with E-state index in [4.69, 9.17) is 0 Å². The lowest BCUT2D eigenvalue weighted by Crippen LogP contribution is -2.30. The molecule has 1 atom stereocenters. The monoisotopic (exact) mass is 207 g/mol. The van der Waals surface area contributed by atoms with Crippen LogP contribution in [0.25, 0.3) is 0 Å². The van der Waals surface area contributed by atoms with Crippen molar-refractivity contribution in [2.24, 2.45) is 5.41 Å². The minimum absolute atomic E-state index is 0.425. The Morgan fingerprint density at radius 2 is 2.40 bits per heavy atom. The lowest BCUT2D eigenvalue weighted by atomic mass is 9.87. The third kappa shape index (κ3) is 2.16. The van der Waals surface area contributed by atoms with Crippen LogP contribution in [0, 0.1) is 5.41 Å². The molecule has 0 amide bonds. The molecule has 0 spiro atoms. The molecule has 0 aromatic carbocycles. The summed E-state index contributed by atoms with van der Waals surface area (Å²) in [5.74, 6) is 0. The zero-order valence-electron chi connectivity index (χ0n) is 9.95. The molecule has 1 aliphatic rings. The summed E-state index contributed by atoms with van der Waals surface area (Å²) in [6.07, 6.45) is 7.97. The first kappa shape index (κ1) is 10.5. The summed E-state index contributed by atoms with van der Waals surface area (Å²) in [6, 6.07) is 0.604. The first-order chi connectivity index (χ1) is 7.12. The van der Waals surface area contributed by atoms with E-state index in [0.29, 0.717) is 11.5 Å². The molecular formula is C12H21N3. The van der Waals surface area contributed by atoms with E-state index in [1.807, 2.05) is 10.9 Å². The second kappa shape index (κ2) is 3.87. The van der Waals surface area contributed by atoms with Gasteiger partial charge in [0.1, 0.15) is 0 Å². The van der Waals surface area contributed by atoms with Crippen molar-refractivity contribution in [2.75, 3.05) is 5.32 Å². The van der Waals surface area contributed by atoms with Gasteiger partial charge in [0.05, 0.1) is 11.9 Å². The topological polar surface area (TPSA) is 29.9 Å². The molecule has 0 radical (unpaired) electrons. The summed E-state index contributed by atoms with van der Waals surface area (Å²) in [7, 11) is 0. The normalized spacial score (nSPS) is 24.3. The number of aryl methyl sites for hydroxylation is 1. The molecular weight excluding hydrogens is 186 g/mol. The molecule has 1 fully saturated rings. The van der Waals surface area contributed by atoms with E-state index in [9.17, 15) is 0 Å².